The van der Waals surface area contributed by atoms with Crippen LogP contribution in [0.5, 0.6) is 0 Å². The van der Waals surface area contributed by atoms with Gasteiger partial charge in [0, 0.05) is 12.0 Å². The van der Waals surface area contributed by atoms with Crippen LogP contribution in [0.25, 0.3) is 0 Å². The number of aliphatic carboxylic acids is 1. The summed E-state index contributed by atoms with van der Waals surface area (Å²) in [6, 6.07) is 4.01. The predicted molar refractivity (Wildman–Crippen MR) is 59.8 cm³/mol. The SMILES string of the molecule is CCCC(F)(F)c1cccc(C(N)C(=O)O)c1. The van der Waals surface area contributed by atoms with Crippen LogP contribution in [0.4, 0.5) is 8.78 Å². The van der Waals surface area contributed by atoms with Crippen molar-refractivity contribution in [1.29, 1.82) is 0 Å². The molecule has 3 N–H and O–H groups in total. The van der Waals surface area contributed by atoms with Crippen molar-refractivity contribution in [2.75, 3.05) is 0 Å². The highest BCUT2D eigenvalue weighted by atomic mass is 19.3. The molecular formula is C12H15F2NO2. The highest BCUT2D eigenvalue weighted by molar-refractivity contribution is 5.75. The molecule has 0 saturated carbocycles. The Morgan fingerprint density at radius 1 is 1.53 bits per heavy atom. The number of halogens is 2. The number of carbonyl (C=O) groups is 1. The van der Waals surface area contributed by atoms with Gasteiger partial charge < -0.3 is 10.8 Å². The third-order valence-electron chi connectivity index (χ3n) is 2.50. The molecule has 0 aliphatic heterocycles. The lowest BCUT2D eigenvalue weighted by atomic mass is 9.99. The van der Waals surface area contributed by atoms with Crippen LogP contribution in [-0.4, -0.2) is 11.1 Å². The Morgan fingerprint density at radius 3 is 2.71 bits per heavy atom. The molecule has 1 unspecified atom stereocenters. The van der Waals surface area contributed by atoms with Gasteiger partial charge in [0.15, 0.2) is 0 Å². The first-order chi connectivity index (χ1) is 7.88. The van der Waals surface area contributed by atoms with E-state index >= 15 is 0 Å². The normalized spacial score (nSPS) is 13.4. The Kier molecular flexibility index (Phi) is 4.17. The van der Waals surface area contributed by atoms with Crippen molar-refractivity contribution < 1.29 is 18.7 Å². The highest BCUT2D eigenvalue weighted by Crippen LogP contribution is 2.33. The van der Waals surface area contributed by atoms with E-state index in [1.165, 1.54) is 18.2 Å². The van der Waals surface area contributed by atoms with Gasteiger partial charge in [-0.25, -0.2) is 8.78 Å². The molecule has 0 radical (unpaired) electrons. The summed E-state index contributed by atoms with van der Waals surface area (Å²) in [5, 5.41) is 8.72. The second-order valence-electron chi connectivity index (χ2n) is 3.90. The van der Waals surface area contributed by atoms with Crippen molar-refractivity contribution in [3.05, 3.63) is 35.4 Å². The molecule has 17 heavy (non-hydrogen) atoms. The molecule has 1 rings (SSSR count). The zero-order chi connectivity index (χ0) is 13.1. The molecule has 1 atom stereocenters. The van der Waals surface area contributed by atoms with Crippen molar-refractivity contribution in [2.45, 2.75) is 31.7 Å². The number of hydrogen-bond donors (Lipinski definition) is 2. The van der Waals surface area contributed by atoms with Crippen LogP contribution in [0.3, 0.4) is 0 Å². The minimum atomic E-state index is -2.94. The molecule has 0 aliphatic carbocycles. The van der Waals surface area contributed by atoms with Gasteiger partial charge in [-0.1, -0.05) is 31.5 Å². The molecule has 1 aromatic rings. The molecule has 0 amide bonds. The lowest BCUT2D eigenvalue weighted by Crippen LogP contribution is -2.21. The van der Waals surface area contributed by atoms with Crippen molar-refractivity contribution in [3.8, 4) is 0 Å². The summed E-state index contributed by atoms with van der Waals surface area (Å²) >= 11 is 0. The Bertz CT molecular complexity index is 407. The summed E-state index contributed by atoms with van der Waals surface area (Å²) in [5.74, 6) is -4.18. The van der Waals surface area contributed by atoms with E-state index < -0.39 is 17.9 Å². The van der Waals surface area contributed by atoms with Crippen LogP contribution in [0, 0.1) is 0 Å². The monoisotopic (exact) mass is 243 g/mol. The van der Waals surface area contributed by atoms with E-state index in [1.54, 1.807) is 6.92 Å². The zero-order valence-electron chi connectivity index (χ0n) is 9.49. The molecule has 0 saturated heterocycles. The molecule has 94 valence electrons. The van der Waals surface area contributed by atoms with E-state index in [4.69, 9.17) is 10.8 Å². The van der Waals surface area contributed by atoms with Crippen LogP contribution in [0.1, 0.15) is 36.9 Å². The average Bonchev–Trinajstić information content (AvgIpc) is 2.28. The molecule has 1 aromatic carbocycles. The first-order valence-electron chi connectivity index (χ1n) is 5.35. The summed E-state index contributed by atoms with van der Waals surface area (Å²) in [6.45, 7) is 1.67. The maximum Gasteiger partial charge on any atom is 0.325 e. The second kappa shape index (κ2) is 5.23. The van der Waals surface area contributed by atoms with E-state index in [2.05, 4.69) is 0 Å². The maximum atomic E-state index is 13.6. The summed E-state index contributed by atoms with van der Waals surface area (Å²) in [6.07, 6.45) is 0.0843. The van der Waals surface area contributed by atoms with Gasteiger partial charge in [-0.3, -0.25) is 4.79 Å². The minimum absolute atomic E-state index is 0.186. The van der Waals surface area contributed by atoms with E-state index in [1.807, 2.05) is 0 Å². The summed E-state index contributed by atoms with van der Waals surface area (Å²) in [4.78, 5) is 10.7. The fourth-order valence-corrected chi connectivity index (χ4v) is 1.56. The number of nitrogens with two attached hydrogens (primary N) is 1. The summed E-state index contributed by atoms with van der Waals surface area (Å²) in [7, 11) is 0. The molecule has 0 heterocycles. The number of carboxylic acids is 1. The smallest absolute Gasteiger partial charge is 0.325 e. The van der Waals surface area contributed by atoms with E-state index in [0.29, 0.717) is 6.42 Å². The van der Waals surface area contributed by atoms with Gasteiger partial charge in [-0.2, -0.15) is 0 Å². The molecule has 0 fully saturated rings. The van der Waals surface area contributed by atoms with Crippen LogP contribution < -0.4 is 5.73 Å². The largest absolute Gasteiger partial charge is 0.480 e. The van der Waals surface area contributed by atoms with Crippen molar-refractivity contribution >= 4 is 5.97 Å². The lowest BCUT2D eigenvalue weighted by molar-refractivity contribution is -0.138. The predicted octanol–water partition coefficient (Wildman–Crippen LogP) is 2.66. The van der Waals surface area contributed by atoms with Crippen molar-refractivity contribution in [1.82, 2.24) is 0 Å². The lowest BCUT2D eigenvalue weighted by Gasteiger charge is -2.17. The van der Waals surface area contributed by atoms with Gasteiger partial charge in [0.05, 0.1) is 0 Å². The molecule has 0 spiro atoms. The molecule has 3 nitrogen and oxygen atoms in total. The van der Waals surface area contributed by atoms with E-state index in [9.17, 15) is 13.6 Å². The number of alkyl halides is 2. The number of hydrogen-bond acceptors (Lipinski definition) is 2. The highest BCUT2D eigenvalue weighted by Gasteiger charge is 2.30. The van der Waals surface area contributed by atoms with Gasteiger partial charge >= 0.3 is 5.97 Å². The third kappa shape index (κ3) is 3.23. The third-order valence-corrected chi connectivity index (χ3v) is 2.50. The van der Waals surface area contributed by atoms with Crippen LogP contribution >= 0.6 is 0 Å². The van der Waals surface area contributed by atoms with Crippen LogP contribution in [0.2, 0.25) is 0 Å². The van der Waals surface area contributed by atoms with E-state index in [0.717, 1.165) is 6.07 Å². The Hall–Kier alpha value is -1.49. The van der Waals surface area contributed by atoms with E-state index in [-0.39, 0.29) is 17.5 Å². The van der Waals surface area contributed by atoms with Gasteiger partial charge in [0.1, 0.15) is 6.04 Å². The quantitative estimate of drug-likeness (QED) is 0.835. The fraction of sp³-hybridized carbons (Fsp3) is 0.417. The first-order valence-corrected chi connectivity index (χ1v) is 5.35. The van der Waals surface area contributed by atoms with Gasteiger partial charge in [-0.05, 0) is 11.6 Å². The molecular weight excluding hydrogens is 228 g/mol. The summed E-state index contributed by atoms with van der Waals surface area (Å²) < 4.78 is 27.2. The number of benzene rings is 1. The molecule has 5 heteroatoms. The van der Waals surface area contributed by atoms with Gasteiger partial charge in [0.2, 0.25) is 0 Å². The number of carboxylic acid groups (broad SMARTS) is 1. The van der Waals surface area contributed by atoms with Gasteiger partial charge in [-0.15, -0.1) is 0 Å². The zero-order valence-corrected chi connectivity index (χ0v) is 9.49. The summed E-state index contributed by atoms with van der Waals surface area (Å²) in [5.41, 5.74) is 5.38. The Balaban J connectivity index is 3.04. The van der Waals surface area contributed by atoms with Crippen molar-refractivity contribution in [2.24, 2.45) is 5.73 Å². The molecule has 0 aliphatic rings. The number of rotatable bonds is 5. The first kappa shape index (κ1) is 13.6. The Morgan fingerprint density at radius 2 is 2.18 bits per heavy atom. The fourth-order valence-electron chi connectivity index (χ4n) is 1.56. The minimum Gasteiger partial charge on any atom is -0.480 e. The van der Waals surface area contributed by atoms with Crippen LogP contribution in [-0.2, 0) is 10.7 Å². The molecule has 0 bridgehead atoms. The van der Waals surface area contributed by atoms with Crippen LogP contribution in [0.15, 0.2) is 24.3 Å². The maximum absolute atomic E-state index is 13.6. The van der Waals surface area contributed by atoms with Gasteiger partial charge in [0.25, 0.3) is 5.92 Å². The second-order valence-corrected chi connectivity index (χ2v) is 3.90. The molecule has 0 aromatic heterocycles. The average molecular weight is 243 g/mol. The van der Waals surface area contributed by atoms with Crippen molar-refractivity contribution in [3.63, 3.8) is 0 Å². The topological polar surface area (TPSA) is 63.3 Å². The Labute approximate surface area is 98.2 Å². The standard InChI is InChI=1S/C12H15F2NO2/c1-2-6-12(13,14)9-5-3-4-8(7-9)10(15)11(16)17/h3-5,7,10H,2,6,15H2,1H3,(H,16,17).